The lowest BCUT2D eigenvalue weighted by Gasteiger charge is -2.43. The van der Waals surface area contributed by atoms with Crippen molar-refractivity contribution in [3.8, 4) is 0 Å². The van der Waals surface area contributed by atoms with Gasteiger partial charge in [0.1, 0.15) is 6.10 Å². The zero-order valence-corrected chi connectivity index (χ0v) is 12.1. The van der Waals surface area contributed by atoms with Crippen LogP contribution in [-0.4, -0.2) is 43.2 Å². The van der Waals surface area contributed by atoms with E-state index in [9.17, 15) is 5.11 Å². The van der Waals surface area contributed by atoms with Crippen molar-refractivity contribution in [2.24, 2.45) is 11.1 Å². The van der Waals surface area contributed by atoms with E-state index in [0.717, 1.165) is 25.7 Å². The molecule has 1 saturated carbocycles. The topological polar surface area (TPSA) is 64.7 Å². The Bertz CT molecular complexity index is 233. The van der Waals surface area contributed by atoms with Gasteiger partial charge in [-0.15, -0.1) is 0 Å². The van der Waals surface area contributed by atoms with Gasteiger partial charge in [0.2, 0.25) is 0 Å². The summed E-state index contributed by atoms with van der Waals surface area (Å²) in [4.78, 5) is 0. The predicted octanol–water partition coefficient (Wildman–Crippen LogP) is 1.70. The van der Waals surface area contributed by atoms with Gasteiger partial charge in [-0.3, -0.25) is 0 Å². The smallest absolute Gasteiger partial charge is 0.101 e. The van der Waals surface area contributed by atoms with Crippen LogP contribution in [0.15, 0.2) is 0 Å². The van der Waals surface area contributed by atoms with Crippen molar-refractivity contribution in [3.05, 3.63) is 0 Å². The summed E-state index contributed by atoms with van der Waals surface area (Å²) in [6.07, 6.45) is 3.68. The van der Waals surface area contributed by atoms with Gasteiger partial charge in [0, 0.05) is 13.2 Å². The van der Waals surface area contributed by atoms with Gasteiger partial charge in [-0.2, -0.15) is 0 Å². The van der Waals surface area contributed by atoms with E-state index in [1.807, 2.05) is 6.92 Å². The van der Waals surface area contributed by atoms with Crippen molar-refractivity contribution in [1.82, 2.24) is 0 Å². The van der Waals surface area contributed by atoms with Crippen LogP contribution in [-0.2, 0) is 9.47 Å². The first-order chi connectivity index (χ1) is 8.43. The monoisotopic (exact) mass is 259 g/mol. The van der Waals surface area contributed by atoms with Crippen LogP contribution in [0.4, 0.5) is 0 Å². The molecule has 0 heterocycles. The lowest BCUT2D eigenvalue weighted by molar-refractivity contribution is -0.116. The van der Waals surface area contributed by atoms with Gasteiger partial charge in [0.25, 0.3) is 0 Å². The fourth-order valence-corrected chi connectivity index (χ4v) is 2.36. The van der Waals surface area contributed by atoms with Crippen LogP contribution in [0.2, 0.25) is 0 Å². The number of aliphatic hydroxyl groups excluding tert-OH is 1. The van der Waals surface area contributed by atoms with Crippen LogP contribution in [0.1, 0.15) is 46.5 Å². The minimum atomic E-state index is -0.552. The number of rotatable bonds is 7. The Kier molecular flexibility index (Phi) is 6.05. The molecule has 0 aromatic carbocycles. The largest absolute Gasteiger partial charge is 0.388 e. The Balaban J connectivity index is 2.37. The lowest BCUT2D eigenvalue weighted by atomic mass is 9.71. The second kappa shape index (κ2) is 6.85. The summed E-state index contributed by atoms with van der Waals surface area (Å²) in [7, 11) is 0. The molecule has 108 valence electrons. The Morgan fingerprint density at radius 3 is 2.28 bits per heavy atom. The highest BCUT2D eigenvalue weighted by Crippen LogP contribution is 2.41. The molecule has 0 radical (unpaired) electrons. The summed E-state index contributed by atoms with van der Waals surface area (Å²) < 4.78 is 11.1. The van der Waals surface area contributed by atoms with Gasteiger partial charge in [0.15, 0.2) is 0 Å². The molecule has 1 fully saturated rings. The molecule has 18 heavy (non-hydrogen) atoms. The second-order valence-electron chi connectivity index (χ2n) is 6.18. The minimum absolute atomic E-state index is 0.233. The quantitative estimate of drug-likeness (QED) is 0.730. The maximum absolute atomic E-state index is 9.73. The Morgan fingerprint density at radius 2 is 1.78 bits per heavy atom. The van der Waals surface area contributed by atoms with E-state index < -0.39 is 6.10 Å². The molecule has 1 atom stereocenters. The van der Waals surface area contributed by atoms with Gasteiger partial charge in [0.05, 0.1) is 18.8 Å². The van der Waals surface area contributed by atoms with Gasteiger partial charge in [-0.05, 0) is 38.0 Å². The molecule has 4 nitrogen and oxygen atoms in total. The standard InChI is InChI=1S/C14H29NO3/c1-4-17-9-12(16)10-18-14(11-15)7-5-13(2,3)6-8-14/h12,16H,4-11,15H2,1-3H3. The number of ether oxygens (including phenoxy) is 2. The summed E-state index contributed by atoms with van der Waals surface area (Å²) in [5, 5.41) is 9.73. The average molecular weight is 259 g/mol. The molecule has 1 unspecified atom stereocenters. The van der Waals surface area contributed by atoms with E-state index in [0.29, 0.717) is 31.8 Å². The molecule has 3 N–H and O–H groups in total. The minimum Gasteiger partial charge on any atom is -0.388 e. The van der Waals surface area contributed by atoms with Crippen LogP contribution < -0.4 is 5.73 Å². The third kappa shape index (κ3) is 4.84. The first kappa shape index (κ1) is 15.9. The Morgan fingerprint density at radius 1 is 1.17 bits per heavy atom. The normalized spacial score (nSPS) is 23.8. The summed E-state index contributed by atoms with van der Waals surface area (Å²) in [6.45, 7) is 8.30. The van der Waals surface area contributed by atoms with E-state index in [1.165, 1.54) is 0 Å². The van der Waals surface area contributed by atoms with Crippen LogP contribution in [0.25, 0.3) is 0 Å². The van der Waals surface area contributed by atoms with Crippen molar-refractivity contribution in [2.75, 3.05) is 26.4 Å². The molecule has 4 heteroatoms. The number of nitrogens with two attached hydrogens (primary N) is 1. The fraction of sp³-hybridized carbons (Fsp3) is 1.00. The van der Waals surface area contributed by atoms with E-state index in [2.05, 4.69) is 13.8 Å². The molecule has 0 aliphatic heterocycles. The van der Waals surface area contributed by atoms with Crippen LogP contribution >= 0.6 is 0 Å². The number of hydrogen-bond donors (Lipinski definition) is 2. The summed E-state index contributed by atoms with van der Waals surface area (Å²) in [5.74, 6) is 0. The maximum atomic E-state index is 9.73. The van der Waals surface area contributed by atoms with Crippen molar-refractivity contribution in [3.63, 3.8) is 0 Å². The van der Waals surface area contributed by atoms with Gasteiger partial charge >= 0.3 is 0 Å². The molecule has 0 bridgehead atoms. The second-order valence-corrected chi connectivity index (χ2v) is 6.18. The fourth-order valence-electron chi connectivity index (χ4n) is 2.36. The van der Waals surface area contributed by atoms with Crippen molar-refractivity contribution >= 4 is 0 Å². The van der Waals surface area contributed by atoms with Crippen LogP contribution in [0.5, 0.6) is 0 Å². The molecule has 0 spiro atoms. The molecular weight excluding hydrogens is 230 g/mol. The maximum Gasteiger partial charge on any atom is 0.101 e. The van der Waals surface area contributed by atoms with Crippen molar-refractivity contribution in [1.29, 1.82) is 0 Å². The Hall–Kier alpha value is -0.160. The first-order valence-electron chi connectivity index (χ1n) is 7.03. The molecule has 0 aromatic rings. The van der Waals surface area contributed by atoms with E-state index in [-0.39, 0.29) is 5.60 Å². The van der Waals surface area contributed by atoms with Crippen molar-refractivity contribution < 1.29 is 14.6 Å². The van der Waals surface area contributed by atoms with Crippen molar-refractivity contribution in [2.45, 2.75) is 58.2 Å². The van der Waals surface area contributed by atoms with E-state index in [1.54, 1.807) is 0 Å². The molecular formula is C14H29NO3. The van der Waals surface area contributed by atoms with Crippen LogP contribution in [0.3, 0.4) is 0 Å². The lowest BCUT2D eigenvalue weighted by Crippen LogP contribution is -2.47. The third-order valence-corrected chi connectivity index (χ3v) is 3.98. The number of aliphatic hydroxyl groups is 1. The SMILES string of the molecule is CCOCC(O)COC1(CN)CCC(C)(C)CC1. The van der Waals surface area contributed by atoms with Crippen LogP contribution in [0, 0.1) is 5.41 Å². The molecule has 0 aromatic heterocycles. The average Bonchev–Trinajstić information content (AvgIpc) is 2.36. The summed E-state index contributed by atoms with van der Waals surface area (Å²) in [6, 6.07) is 0. The predicted molar refractivity (Wildman–Crippen MR) is 72.5 cm³/mol. The highest BCUT2D eigenvalue weighted by molar-refractivity contribution is 4.91. The third-order valence-electron chi connectivity index (χ3n) is 3.98. The zero-order chi connectivity index (χ0) is 13.6. The Labute approximate surface area is 111 Å². The number of hydrogen-bond acceptors (Lipinski definition) is 4. The highest BCUT2D eigenvalue weighted by Gasteiger charge is 2.38. The molecule has 0 amide bonds. The van der Waals surface area contributed by atoms with E-state index in [4.69, 9.17) is 15.2 Å². The van der Waals surface area contributed by atoms with Gasteiger partial charge in [-0.25, -0.2) is 0 Å². The highest BCUT2D eigenvalue weighted by atomic mass is 16.5. The first-order valence-corrected chi connectivity index (χ1v) is 7.03. The van der Waals surface area contributed by atoms with E-state index >= 15 is 0 Å². The summed E-state index contributed by atoms with van der Waals surface area (Å²) >= 11 is 0. The zero-order valence-electron chi connectivity index (χ0n) is 12.1. The van der Waals surface area contributed by atoms with Gasteiger partial charge < -0.3 is 20.3 Å². The molecule has 1 aliphatic rings. The summed E-state index contributed by atoms with van der Waals surface area (Å²) in [5.41, 5.74) is 6.04. The molecule has 1 rings (SSSR count). The molecule has 1 aliphatic carbocycles. The van der Waals surface area contributed by atoms with Gasteiger partial charge in [-0.1, -0.05) is 13.8 Å². The molecule has 0 saturated heterocycles.